The zero-order valence-electron chi connectivity index (χ0n) is 12.6. The SMILES string of the molecule is O=C1c2ccccc2CC[C@H]1CNCCc1ccc(O)cc1. The molecule has 1 atom stereocenters. The van der Waals surface area contributed by atoms with E-state index in [1.165, 1.54) is 11.1 Å². The lowest BCUT2D eigenvalue weighted by atomic mass is 9.83. The number of carbonyl (C=O) groups is 1. The standard InChI is InChI=1S/C19H21NO2/c21-17-9-5-14(6-10-17)11-12-20-13-16-8-7-15-3-1-2-4-18(15)19(16)22/h1-6,9-10,16,20-21H,7-8,11-13H2/t16-/m0/s1. The lowest BCUT2D eigenvalue weighted by molar-refractivity contribution is 0.0901. The van der Waals surface area contributed by atoms with E-state index >= 15 is 0 Å². The van der Waals surface area contributed by atoms with Gasteiger partial charge in [0.15, 0.2) is 5.78 Å². The van der Waals surface area contributed by atoms with Crippen LogP contribution in [0.5, 0.6) is 5.75 Å². The molecular formula is C19H21NO2. The number of benzene rings is 2. The van der Waals surface area contributed by atoms with Gasteiger partial charge in [-0.2, -0.15) is 0 Å². The van der Waals surface area contributed by atoms with E-state index in [4.69, 9.17) is 0 Å². The summed E-state index contributed by atoms with van der Waals surface area (Å²) in [5, 5.41) is 12.7. The molecule has 114 valence electrons. The highest BCUT2D eigenvalue weighted by Gasteiger charge is 2.26. The van der Waals surface area contributed by atoms with Crippen molar-refractivity contribution in [2.24, 2.45) is 5.92 Å². The summed E-state index contributed by atoms with van der Waals surface area (Å²) in [5.41, 5.74) is 3.28. The molecule has 0 bridgehead atoms. The summed E-state index contributed by atoms with van der Waals surface area (Å²) in [5.74, 6) is 0.664. The first-order chi connectivity index (χ1) is 10.7. The van der Waals surface area contributed by atoms with E-state index in [2.05, 4.69) is 11.4 Å². The van der Waals surface area contributed by atoms with Crippen LogP contribution in [0.15, 0.2) is 48.5 Å². The van der Waals surface area contributed by atoms with Crippen molar-refractivity contribution in [1.29, 1.82) is 0 Å². The Balaban J connectivity index is 1.48. The molecule has 22 heavy (non-hydrogen) atoms. The van der Waals surface area contributed by atoms with Gasteiger partial charge in [-0.25, -0.2) is 0 Å². The molecule has 0 amide bonds. The van der Waals surface area contributed by atoms with E-state index in [-0.39, 0.29) is 11.7 Å². The van der Waals surface area contributed by atoms with Crippen LogP contribution in [0.25, 0.3) is 0 Å². The van der Waals surface area contributed by atoms with E-state index in [1.54, 1.807) is 12.1 Å². The number of ketones is 1. The third kappa shape index (κ3) is 3.37. The summed E-state index contributed by atoms with van der Waals surface area (Å²) < 4.78 is 0. The van der Waals surface area contributed by atoms with Gasteiger partial charge in [0.2, 0.25) is 0 Å². The van der Waals surface area contributed by atoms with Crippen molar-refractivity contribution in [2.75, 3.05) is 13.1 Å². The van der Waals surface area contributed by atoms with Gasteiger partial charge in [0.05, 0.1) is 0 Å². The van der Waals surface area contributed by atoms with Crippen molar-refractivity contribution >= 4 is 5.78 Å². The van der Waals surface area contributed by atoms with Crippen LogP contribution in [-0.4, -0.2) is 24.0 Å². The second-order valence-corrected chi connectivity index (χ2v) is 5.88. The Morgan fingerprint density at radius 3 is 2.68 bits per heavy atom. The van der Waals surface area contributed by atoms with Gasteiger partial charge in [0.25, 0.3) is 0 Å². The van der Waals surface area contributed by atoms with E-state index in [1.807, 2.05) is 30.3 Å². The van der Waals surface area contributed by atoms with E-state index in [9.17, 15) is 9.90 Å². The monoisotopic (exact) mass is 295 g/mol. The molecule has 1 aliphatic carbocycles. The van der Waals surface area contributed by atoms with Crippen LogP contribution < -0.4 is 5.32 Å². The van der Waals surface area contributed by atoms with Crippen LogP contribution in [0.2, 0.25) is 0 Å². The van der Waals surface area contributed by atoms with Crippen LogP contribution in [0.3, 0.4) is 0 Å². The van der Waals surface area contributed by atoms with Crippen LogP contribution in [0.1, 0.15) is 27.9 Å². The van der Waals surface area contributed by atoms with Crippen LogP contribution in [0.4, 0.5) is 0 Å². The molecule has 1 aliphatic rings. The second kappa shape index (κ2) is 6.75. The predicted molar refractivity (Wildman–Crippen MR) is 87.3 cm³/mol. The number of carbonyl (C=O) groups excluding carboxylic acids is 1. The van der Waals surface area contributed by atoms with Gasteiger partial charge >= 0.3 is 0 Å². The minimum atomic E-state index is 0.0923. The first-order valence-corrected chi connectivity index (χ1v) is 7.85. The maximum Gasteiger partial charge on any atom is 0.167 e. The number of Topliss-reactive ketones (excluding diaryl/α,β-unsaturated/α-hetero) is 1. The maximum atomic E-state index is 12.5. The largest absolute Gasteiger partial charge is 0.508 e. The molecule has 3 nitrogen and oxygen atoms in total. The number of hydrogen-bond donors (Lipinski definition) is 2. The predicted octanol–water partition coefficient (Wildman–Crippen LogP) is 2.97. The molecule has 0 aliphatic heterocycles. The van der Waals surface area contributed by atoms with Gasteiger partial charge in [-0.3, -0.25) is 4.79 Å². The van der Waals surface area contributed by atoms with Crippen LogP contribution in [0, 0.1) is 5.92 Å². The molecule has 0 heterocycles. The first-order valence-electron chi connectivity index (χ1n) is 7.85. The molecule has 0 saturated heterocycles. The summed E-state index contributed by atoms with van der Waals surface area (Å²) in [6, 6.07) is 15.2. The number of nitrogens with one attached hydrogen (secondary N) is 1. The highest BCUT2D eigenvalue weighted by atomic mass is 16.3. The van der Waals surface area contributed by atoms with Crippen molar-refractivity contribution in [1.82, 2.24) is 5.32 Å². The van der Waals surface area contributed by atoms with Crippen molar-refractivity contribution in [3.05, 3.63) is 65.2 Å². The second-order valence-electron chi connectivity index (χ2n) is 5.88. The fraction of sp³-hybridized carbons (Fsp3) is 0.316. The first kappa shape index (κ1) is 14.8. The summed E-state index contributed by atoms with van der Waals surface area (Å²) in [7, 11) is 0. The van der Waals surface area contributed by atoms with Gasteiger partial charge in [0.1, 0.15) is 5.75 Å². The van der Waals surface area contributed by atoms with E-state index in [0.29, 0.717) is 5.75 Å². The Kier molecular flexibility index (Phi) is 4.54. The molecule has 3 rings (SSSR count). The zero-order valence-corrected chi connectivity index (χ0v) is 12.6. The van der Waals surface area contributed by atoms with Gasteiger partial charge in [-0.15, -0.1) is 0 Å². The number of aromatic hydroxyl groups is 1. The maximum absolute atomic E-state index is 12.5. The number of phenolic OH excluding ortho intramolecular Hbond substituents is 1. The topological polar surface area (TPSA) is 49.3 Å². The zero-order chi connectivity index (χ0) is 15.4. The van der Waals surface area contributed by atoms with Crippen LogP contribution >= 0.6 is 0 Å². The van der Waals surface area contributed by atoms with E-state index in [0.717, 1.165) is 37.9 Å². The molecule has 0 saturated carbocycles. The average molecular weight is 295 g/mol. The summed E-state index contributed by atoms with van der Waals surface area (Å²) in [4.78, 5) is 12.5. The summed E-state index contributed by atoms with van der Waals surface area (Å²) >= 11 is 0. The number of aryl methyl sites for hydroxylation is 1. The molecule has 3 heteroatoms. The fourth-order valence-corrected chi connectivity index (χ4v) is 3.03. The van der Waals surface area contributed by atoms with Gasteiger partial charge < -0.3 is 10.4 Å². The number of hydrogen-bond acceptors (Lipinski definition) is 3. The molecule has 2 N–H and O–H groups in total. The minimum Gasteiger partial charge on any atom is -0.508 e. The fourth-order valence-electron chi connectivity index (χ4n) is 3.03. The Morgan fingerprint density at radius 1 is 1.09 bits per heavy atom. The Morgan fingerprint density at radius 2 is 1.86 bits per heavy atom. The Hall–Kier alpha value is -2.13. The minimum absolute atomic E-state index is 0.0923. The summed E-state index contributed by atoms with van der Waals surface area (Å²) in [6.07, 6.45) is 2.83. The van der Waals surface area contributed by atoms with Gasteiger partial charge in [-0.05, 0) is 49.1 Å². The quantitative estimate of drug-likeness (QED) is 0.834. The van der Waals surface area contributed by atoms with Crippen molar-refractivity contribution in [2.45, 2.75) is 19.3 Å². The Bertz CT molecular complexity index is 649. The van der Waals surface area contributed by atoms with Crippen molar-refractivity contribution in [3.63, 3.8) is 0 Å². The molecule has 0 fully saturated rings. The lowest BCUT2D eigenvalue weighted by Gasteiger charge is -2.23. The molecule has 2 aromatic carbocycles. The number of fused-ring (bicyclic) bond motifs is 1. The molecule has 0 unspecified atom stereocenters. The van der Waals surface area contributed by atoms with Gasteiger partial charge in [0, 0.05) is 18.0 Å². The highest BCUT2D eigenvalue weighted by Crippen LogP contribution is 2.24. The van der Waals surface area contributed by atoms with Crippen molar-refractivity contribution in [3.8, 4) is 5.75 Å². The van der Waals surface area contributed by atoms with Crippen LogP contribution in [-0.2, 0) is 12.8 Å². The van der Waals surface area contributed by atoms with Gasteiger partial charge in [-0.1, -0.05) is 36.4 Å². The smallest absolute Gasteiger partial charge is 0.167 e. The molecule has 2 aromatic rings. The molecular weight excluding hydrogens is 274 g/mol. The number of phenols is 1. The summed E-state index contributed by atoms with van der Waals surface area (Å²) in [6.45, 7) is 1.58. The van der Waals surface area contributed by atoms with E-state index < -0.39 is 0 Å². The molecule has 0 radical (unpaired) electrons. The average Bonchev–Trinajstić information content (AvgIpc) is 2.55. The third-order valence-electron chi connectivity index (χ3n) is 4.33. The van der Waals surface area contributed by atoms with Crippen molar-refractivity contribution < 1.29 is 9.90 Å². The normalized spacial score (nSPS) is 17.3. The molecule has 0 spiro atoms. The number of rotatable bonds is 5. The highest BCUT2D eigenvalue weighted by molar-refractivity contribution is 6.00. The third-order valence-corrected chi connectivity index (χ3v) is 4.33. The lowest BCUT2D eigenvalue weighted by Crippen LogP contribution is -2.33. The molecule has 0 aromatic heterocycles. The Labute approximate surface area is 131 Å².